The number of esters is 1. The van der Waals surface area contributed by atoms with Crippen LogP contribution in [0.1, 0.15) is 59.3 Å². The lowest BCUT2D eigenvalue weighted by atomic mass is 9.92. The number of aryl methyl sites for hydroxylation is 1. The lowest BCUT2D eigenvalue weighted by Crippen LogP contribution is -2.27. The number of thiophene rings is 1. The van der Waals surface area contributed by atoms with E-state index in [-0.39, 0.29) is 30.7 Å². The van der Waals surface area contributed by atoms with Crippen molar-refractivity contribution in [3.8, 4) is 11.5 Å². The normalized spacial score (nSPS) is 12.3. The predicted molar refractivity (Wildman–Crippen MR) is 145 cm³/mol. The summed E-state index contributed by atoms with van der Waals surface area (Å²) in [6.07, 6.45) is 0.0697. The quantitative estimate of drug-likeness (QED) is 0.258. The van der Waals surface area contributed by atoms with Gasteiger partial charge in [-0.25, -0.2) is 0 Å². The second-order valence-electron chi connectivity index (χ2n) is 8.80. The van der Waals surface area contributed by atoms with Crippen molar-refractivity contribution < 1.29 is 33.7 Å². The van der Waals surface area contributed by atoms with Crippen LogP contribution >= 0.6 is 11.3 Å². The van der Waals surface area contributed by atoms with Crippen molar-refractivity contribution in [3.63, 3.8) is 0 Å². The van der Waals surface area contributed by atoms with Crippen LogP contribution in [0.2, 0.25) is 0 Å². The van der Waals surface area contributed by atoms with Gasteiger partial charge in [0.2, 0.25) is 0 Å². The van der Waals surface area contributed by atoms with E-state index in [9.17, 15) is 19.5 Å². The summed E-state index contributed by atoms with van der Waals surface area (Å²) in [5, 5.41) is 16.4. The minimum Gasteiger partial charge on any atom is -0.489 e. The Hall–Kier alpha value is -3.85. The number of aliphatic carboxylic acids is 1. The van der Waals surface area contributed by atoms with E-state index in [1.807, 2.05) is 54.9 Å². The number of benzene rings is 2. The molecule has 9 heteroatoms. The fraction of sp³-hybridized carbons (Fsp3) is 0.345. The molecule has 1 aromatic heterocycles. The van der Waals surface area contributed by atoms with Gasteiger partial charge in [0.05, 0.1) is 25.0 Å². The summed E-state index contributed by atoms with van der Waals surface area (Å²) in [5.74, 6) is -1.62. The van der Waals surface area contributed by atoms with Crippen LogP contribution in [0.3, 0.4) is 0 Å². The molecule has 0 aliphatic heterocycles. The maximum Gasteiger partial charge on any atom is 0.307 e. The van der Waals surface area contributed by atoms with E-state index >= 15 is 0 Å². The molecule has 2 N–H and O–H groups in total. The van der Waals surface area contributed by atoms with Crippen molar-refractivity contribution >= 4 is 29.2 Å². The van der Waals surface area contributed by atoms with Gasteiger partial charge in [0.15, 0.2) is 0 Å². The van der Waals surface area contributed by atoms with Gasteiger partial charge in [-0.3, -0.25) is 14.4 Å². The fourth-order valence-corrected chi connectivity index (χ4v) is 4.59. The third-order valence-electron chi connectivity index (χ3n) is 6.17. The number of carboxylic acids is 1. The van der Waals surface area contributed by atoms with Gasteiger partial charge in [0, 0.05) is 19.0 Å². The number of amides is 1. The Bertz CT molecular complexity index is 1230. The third kappa shape index (κ3) is 8.08. The van der Waals surface area contributed by atoms with Crippen molar-refractivity contribution in [1.82, 2.24) is 5.32 Å². The molecule has 0 radical (unpaired) electrons. The van der Waals surface area contributed by atoms with Crippen LogP contribution in [0, 0.1) is 12.8 Å². The lowest BCUT2D eigenvalue weighted by molar-refractivity contribution is -0.143. The number of rotatable bonds is 14. The number of ether oxygens (including phenoxy) is 3. The fourth-order valence-electron chi connectivity index (χ4n) is 3.93. The number of carbonyl (C=O) groups excluding carboxylic acids is 2. The van der Waals surface area contributed by atoms with Crippen molar-refractivity contribution in [2.75, 3.05) is 13.7 Å². The highest BCUT2D eigenvalue weighted by Crippen LogP contribution is 2.35. The van der Waals surface area contributed by atoms with Gasteiger partial charge < -0.3 is 24.6 Å². The zero-order valence-corrected chi connectivity index (χ0v) is 22.6. The molecule has 1 heterocycles. The summed E-state index contributed by atoms with van der Waals surface area (Å²) in [7, 11) is 1.29. The minimum absolute atomic E-state index is 0.0306. The number of nitrogens with one attached hydrogen (secondary N) is 1. The summed E-state index contributed by atoms with van der Waals surface area (Å²) >= 11 is 1.57. The number of hydrogen-bond acceptors (Lipinski definition) is 7. The molecule has 202 valence electrons. The van der Waals surface area contributed by atoms with Crippen molar-refractivity contribution in [2.45, 2.75) is 45.8 Å². The first-order valence-corrected chi connectivity index (χ1v) is 13.3. The predicted octanol–water partition coefficient (Wildman–Crippen LogP) is 5.55. The van der Waals surface area contributed by atoms with Crippen LogP contribution < -0.4 is 14.8 Å². The molecule has 0 aliphatic carbocycles. The molecule has 2 unspecified atom stereocenters. The van der Waals surface area contributed by atoms with Crippen molar-refractivity contribution in [2.24, 2.45) is 5.92 Å². The van der Waals surface area contributed by atoms with Gasteiger partial charge in [0.1, 0.15) is 24.2 Å². The third-order valence-corrected chi connectivity index (χ3v) is 6.90. The highest BCUT2D eigenvalue weighted by atomic mass is 32.1. The summed E-state index contributed by atoms with van der Waals surface area (Å²) < 4.78 is 17.0. The lowest BCUT2D eigenvalue weighted by Gasteiger charge is -2.25. The van der Waals surface area contributed by atoms with E-state index in [0.717, 1.165) is 16.7 Å². The van der Waals surface area contributed by atoms with Gasteiger partial charge in [-0.1, -0.05) is 31.2 Å². The highest BCUT2D eigenvalue weighted by molar-refractivity contribution is 7.07. The van der Waals surface area contributed by atoms with E-state index < -0.39 is 29.9 Å². The largest absolute Gasteiger partial charge is 0.489 e. The molecule has 2 atom stereocenters. The molecule has 8 nitrogen and oxygen atoms in total. The van der Waals surface area contributed by atoms with Gasteiger partial charge in [-0.05, 0) is 59.0 Å². The summed E-state index contributed by atoms with van der Waals surface area (Å²) in [6.45, 7) is 4.21. The number of carboxylic acid groups (broad SMARTS) is 1. The summed E-state index contributed by atoms with van der Waals surface area (Å²) in [5.41, 5.74) is 3.06. The molecule has 0 spiro atoms. The maximum absolute atomic E-state index is 13.1. The summed E-state index contributed by atoms with van der Waals surface area (Å²) in [6, 6.07) is 14.5. The Morgan fingerprint density at radius 1 is 1.11 bits per heavy atom. The average molecular weight is 540 g/mol. The summed E-state index contributed by atoms with van der Waals surface area (Å²) in [4.78, 5) is 36.4. The van der Waals surface area contributed by atoms with Crippen LogP contribution in [0.4, 0.5) is 0 Å². The molecule has 1 amide bonds. The number of methoxy groups -OCH3 is 1. The van der Waals surface area contributed by atoms with Crippen molar-refractivity contribution in [3.05, 3.63) is 81.5 Å². The zero-order chi connectivity index (χ0) is 27.5. The van der Waals surface area contributed by atoms with Gasteiger partial charge in [0.25, 0.3) is 5.91 Å². The molecule has 0 fully saturated rings. The molecule has 0 bridgehead atoms. The smallest absolute Gasteiger partial charge is 0.307 e. The molecule has 0 aliphatic rings. The van der Waals surface area contributed by atoms with E-state index in [4.69, 9.17) is 9.47 Å². The molecule has 3 rings (SSSR count). The molecule has 0 saturated carbocycles. The Balaban J connectivity index is 1.94. The van der Waals surface area contributed by atoms with Gasteiger partial charge in [-0.15, -0.1) is 0 Å². The van der Waals surface area contributed by atoms with Gasteiger partial charge >= 0.3 is 11.9 Å². The monoisotopic (exact) mass is 539 g/mol. The molecule has 0 saturated heterocycles. The van der Waals surface area contributed by atoms with E-state index in [1.165, 1.54) is 7.11 Å². The van der Waals surface area contributed by atoms with Gasteiger partial charge in [-0.2, -0.15) is 11.3 Å². The molecule has 2 aromatic carbocycles. The number of carbonyl (C=O) groups is 3. The average Bonchev–Trinajstić information content (AvgIpc) is 3.43. The van der Waals surface area contributed by atoms with Crippen molar-refractivity contribution in [1.29, 1.82) is 0 Å². The van der Waals surface area contributed by atoms with E-state index in [0.29, 0.717) is 18.8 Å². The second kappa shape index (κ2) is 14.2. The number of hydrogen-bond donors (Lipinski definition) is 2. The minimum atomic E-state index is -0.900. The Labute approximate surface area is 226 Å². The Morgan fingerprint density at radius 3 is 2.55 bits per heavy atom. The first kappa shape index (κ1) is 28.7. The highest BCUT2D eigenvalue weighted by Gasteiger charge is 2.26. The van der Waals surface area contributed by atoms with Crippen LogP contribution in [0.5, 0.6) is 11.5 Å². The van der Waals surface area contributed by atoms with Crippen LogP contribution in [-0.4, -0.2) is 36.6 Å². The first-order valence-electron chi connectivity index (χ1n) is 12.4. The first-order chi connectivity index (χ1) is 18.3. The molecule has 3 aromatic rings. The topological polar surface area (TPSA) is 111 Å². The maximum atomic E-state index is 13.1. The molecule has 38 heavy (non-hydrogen) atoms. The molecular weight excluding hydrogens is 506 g/mol. The zero-order valence-electron chi connectivity index (χ0n) is 21.8. The van der Waals surface area contributed by atoms with Crippen LogP contribution in [-0.2, 0) is 20.9 Å². The second-order valence-corrected chi connectivity index (χ2v) is 9.58. The SMILES string of the molecule is CCC(CC(Oc1cc(OCc2ccsc2)ccc1C(=O)NCCC(=O)OC)c1ccccc1C)C(=O)O. The van der Waals surface area contributed by atoms with E-state index in [1.54, 1.807) is 29.5 Å². The Morgan fingerprint density at radius 2 is 1.89 bits per heavy atom. The standard InChI is InChI=1S/C29H33NO7S/c1-4-21(29(33)34)15-25(23-8-6-5-7-19(23)2)37-26-16-22(36-17-20-12-14-38-18-20)9-10-24(26)28(32)30-13-11-27(31)35-3/h5-10,12,14,16,18,21,25H,4,11,13,15,17H2,1-3H3,(H,30,32)(H,33,34). The Kier molecular flexibility index (Phi) is 10.7. The van der Waals surface area contributed by atoms with E-state index in [2.05, 4.69) is 10.1 Å². The molecular formula is C29H33NO7S. The van der Waals surface area contributed by atoms with Crippen LogP contribution in [0.25, 0.3) is 0 Å². The van der Waals surface area contributed by atoms with Crippen LogP contribution in [0.15, 0.2) is 59.3 Å².